The normalized spacial score (nSPS) is 15.2. The fraction of sp³-hybridized carbons (Fsp3) is 0.750. The number of nitrogens with two attached hydrogens (primary N) is 1. The number of hydrogen-bond donors (Lipinski definition) is 1. The van der Waals surface area contributed by atoms with Crippen molar-refractivity contribution in [3.8, 4) is 11.8 Å². The van der Waals surface area contributed by atoms with Gasteiger partial charge in [-0.3, -0.25) is 0 Å². The first kappa shape index (κ1) is 9.45. The van der Waals surface area contributed by atoms with Crippen molar-refractivity contribution in [2.75, 3.05) is 6.54 Å². The number of halogens is 1. The molecule has 0 aromatic carbocycles. The molecule has 1 atom stereocenters. The van der Waals surface area contributed by atoms with Gasteiger partial charge in [0.2, 0.25) is 0 Å². The number of hydrogen-bond acceptors (Lipinski definition) is 1. The summed E-state index contributed by atoms with van der Waals surface area (Å²) < 4.78 is 13.0. The second kappa shape index (κ2) is 4.29. The molecule has 0 bridgehead atoms. The summed E-state index contributed by atoms with van der Waals surface area (Å²) in [6.45, 7) is 3.33. The smallest absolute Gasteiger partial charge is 0.121 e. The van der Waals surface area contributed by atoms with Crippen LogP contribution in [-0.4, -0.2) is 12.2 Å². The minimum atomic E-state index is -1.23. The lowest BCUT2D eigenvalue weighted by atomic mass is 10.0. The molecule has 0 radical (unpaired) electrons. The van der Waals surface area contributed by atoms with Crippen LogP contribution in [0.4, 0.5) is 4.39 Å². The van der Waals surface area contributed by atoms with Crippen molar-refractivity contribution in [1.82, 2.24) is 0 Å². The minimum absolute atomic E-state index is 0.0817. The molecule has 0 amide bonds. The molecule has 2 heteroatoms. The third kappa shape index (κ3) is 4.34. The Morgan fingerprint density at radius 3 is 2.60 bits per heavy atom. The SMILES string of the molecule is CC#CCCC(C)(F)CN. The van der Waals surface area contributed by atoms with E-state index in [-0.39, 0.29) is 6.54 Å². The Labute approximate surface area is 61.8 Å². The molecular formula is C8H14FN. The largest absolute Gasteiger partial charge is 0.328 e. The molecule has 10 heavy (non-hydrogen) atoms. The Bertz CT molecular complexity index is 141. The van der Waals surface area contributed by atoms with Gasteiger partial charge in [-0.15, -0.1) is 11.8 Å². The molecule has 0 spiro atoms. The molecule has 58 valence electrons. The summed E-state index contributed by atoms with van der Waals surface area (Å²) in [5, 5.41) is 0. The van der Waals surface area contributed by atoms with Crippen molar-refractivity contribution in [1.29, 1.82) is 0 Å². The Kier molecular flexibility index (Phi) is 4.06. The summed E-state index contributed by atoms with van der Waals surface area (Å²) in [7, 11) is 0. The molecule has 0 aliphatic rings. The summed E-state index contributed by atoms with van der Waals surface area (Å²) in [5.74, 6) is 5.50. The molecule has 0 aromatic heterocycles. The van der Waals surface area contributed by atoms with E-state index >= 15 is 0 Å². The molecule has 0 saturated heterocycles. The average molecular weight is 143 g/mol. The molecule has 1 unspecified atom stereocenters. The van der Waals surface area contributed by atoms with Crippen LogP contribution in [-0.2, 0) is 0 Å². The van der Waals surface area contributed by atoms with Crippen molar-refractivity contribution < 1.29 is 4.39 Å². The van der Waals surface area contributed by atoms with Crippen LogP contribution in [0.15, 0.2) is 0 Å². The lowest BCUT2D eigenvalue weighted by molar-refractivity contribution is 0.188. The molecule has 0 fully saturated rings. The van der Waals surface area contributed by atoms with Gasteiger partial charge in [0, 0.05) is 13.0 Å². The molecule has 1 nitrogen and oxygen atoms in total. The topological polar surface area (TPSA) is 26.0 Å². The van der Waals surface area contributed by atoms with Gasteiger partial charge in [0.1, 0.15) is 5.67 Å². The van der Waals surface area contributed by atoms with Gasteiger partial charge >= 0.3 is 0 Å². The van der Waals surface area contributed by atoms with E-state index in [0.29, 0.717) is 12.8 Å². The minimum Gasteiger partial charge on any atom is -0.328 e. The Morgan fingerprint density at radius 1 is 1.60 bits per heavy atom. The summed E-state index contributed by atoms with van der Waals surface area (Å²) in [4.78, 5) is 0. The highest BCUT2D eigenvalue weighted by molar-refractivity contribution is 4.96. The van der Waals surface area contributed by atoms with Crippen molar-refractivity contribution in [3.63, 3.8) is 0 Å². The fourth-order valence-corrected chi connectivity index (χ4v) is 0.550. The van der Waals surface area contributed by atoms with Crippen LogP contribution in [0.3, 0.4) is 0 Å². The lowest BCUT2D eigenvalue weighted by Gasteiger charge is -2.15. The quantitative estimate of drug-likeness (QED) is 0.595. The van der Waals surface area contributed by atoms with Crippen molar-refractivity contribution in [2.45, 2.75) is 32.4 Å². The highest BCUT2D eigenvalue weighted by atomic mass is 19.1. The van der Waals surface area contributed by atoms with E-state index in [1.807, 2.05) is 0 Å². The second-order valence-corrected chi connectivity index (χ2v) is 2.54. The molecule has 0 aliphatic heterocycles. The maximum atomic E-state index is 13.0. The van der Waals surface area contributed by atoms with Crippen molar-refractivity contribution in [3.05, 3.63) is 0 Å². The molecule has 0 rings (SSSR count). The standard InChI is InChI=1S/C8H14FN/c1-3-4-5-6-8(2,9)7-10/h5-7,10H2,1-2H3. The van der Waals surface area contributed by atoms with Crippen LogP contribution in [0.2, 0.25) is 0 Å². The van der Waals surface area contributed by atoms with E-state index in [2.05, 4.69) is 11.8 Å². The highest BCUT2D eigenvalue weighted by Gasteiger charge is 2.18. The van der Waals surface area contributed by atoms with Gasteiger partial charge in [0.15, 0.2) is 0 Å². The average Bonchev–Trinajstić information content (AvgIpc) is 1.89. The van der Waals surface area contributed by atoms with Gasteiger partial charge in [0.25, 0.3) is 0 Å². The predicted octanol–water partition coefficient (Wildman–Crippen LogP) is 1.48. The maximum absolute atomic E-state index is 13.0. The van der Waals surface area contributed by atoms with Crippen LogP contribution in [0, 0.1) is 11.8 Å². The molecule has 2 N–H and O–H groups in total. The third-order valence-electron chi connectivity index (χ3n) is 1.37. The summed E-state index contributed by atoms with van der Waals surface area (Å²) in [5.41, 5.74) is 3.93. The van der Waals surface area contributed by atoms with Crippen LogP contribution in [0.25, 0.3) is 0 Å². The first-order chi connectivity index (χ1) is 4.62. The van der Waals surface area contributed by atoms with Crippen LogP contribution >= 0.6 is 0 Å². The summed E-state index contributed by atoms with van der Waals surface area (Å²) >= 11 is 0. The zero-order chi connectivity index (χ0) is 8.04. The molecule has 0 aromatic rings. The molecule has 0 aliphatic carbocycles. The predicted molar refractivity (Wildman–Crippen MR) is 41.3 cm³/mol. The van der Waals surface area contributed by atoms with E-state index in [9.17, 15) is 4.39 Å². The molecular weight excluding hydrogens is 129 g/mol. The zero-order valence-corrected chi connectivity index (χ0v) is 6.58. The Balaban J connectivity index is 3.53. The molecule has 0 heterocycles. The van der Waals surface area contributed by atoms with E-state index in [4.69, 9.17) is 5.73 Å². The lowest BCUT2D eigenvalue weighted by Crippen LogP contribution is -2.28. The Morgan fingerprint density at radius 2 is 2.20 bits per heavy atom. The fourth-order valence-electron chi connectivity index (χ4n) is 0.550. The maximum Gasteiger partial charge on any atom is 0.121 e. The number of rotatable bonds is 3. The Hall–Kier alpha value is -0.550. The number of alkyl halides is 1. The van der Waals surface area contributed by atoms with Crippen molar-refractivity contribution >= 4 is 0 Å². The van der Waals surface area contributed by atoms with E-state index < -0.39 is 5.67 Å². The highest BCUT2D eigenvalue weighted by Crippen LogP contribution is 2.14. The van der Waals surface area contributed by atoms with Gasteiger partial charge in [-0.2, -0.15) is 0 Å². The van der Waals surface area contributed by atoms with Gasteiger partial charge < -0.3 is 5.73 Å². The zero-order valence-electron chi connectivity index (χ0n) is 6.58. The monoisotopic (exact) mass is 143 g/mol. The first-order valence-corrected chi connectivity index (χ1v) is 3.41. The van der Waals surface area contributed by atoms with Gasteiger partial charge in [-0.05, 0) is 20.3 Å². The first-order valence-electron chi connectivity index (χ1n) is 3.41. The molecule has 0 saturated carbocycles. The summed E-state index contributed by atoms with van der Waals surface area (Å²) in [6, 6.07) is 0. The van der Waals surface area contributed by atoms with Crippen molar-refractivity contribution in [2.24, 2.45) is 5.73 Å². The van der Waals surface area contributed by atoms with Crippen LogP contribution < -0.4 is 5.73 Å². The van der Waals surface area contributed by atoms with Gasteiger partial charge in [-0.1, -0.05) is 0 Å². The van der Waals surface area contributed by atoms with E-state index in [1.54, 1.807) is 6.92 Å². The van der Waals surface area contributed by atoms with E-state index in [0.717, 1.165) is 0 Å². The van der Waals surface area contributed by atoms with Gasteiger partial charge in [-0.25, -0.2) is 4.39 Å². The van der Waals surface area contributed by atoms with Gasteiger partial charge in [0.05, 0.1) is 0 Å². The van der Waals surface area contributed by atoms with Crippen LogP contribution in [0.1, 0.15) is 26.7 Å². The second-order valence-electron chi connectivity index (χ2n) is 2.54. The summed E-state index contributed by atoms with van der Waals surface area (Å²) in [6.07, 6.45) is 1.03. The van der Waals surface area contributed by atoms with E-state index in [1.165, 1.54) is 6.92 Å². The van der Waals surface area contributed by atoms with Crippen LogP contribution in [0.5, 0.6) is 0 Å². The third-order valence-corrected chi connectivity index (χ3v) is 1.37.